The third-order valence-electron chi connectivity index (χ3n) is 5.59. The van der Waals surface area contributed by atoms with Gasteiger partial charge in [-0.3, -0.25) is 9.36 Å². The number of sulfonamides is 1. The van der Waals surface area contributed by atoms with Crippen LogP contribution < -0.4 is 10.3 Å². The van der Waals surface area contributed by atoms with Gasteiger partial charge in [-0.15, -0.1) is 0 Å². The Hall–Kier alpha value is -2.75. The molecule has 0 fully saturated rings. The van der Waals surface area contributed by atoms with Gasteiger partial charge in [0.2, 0.25) is 10.0 Å². The fourth-order valence-corrected chi connectivity index (χ4v) is 4.83. The van der Waals surface area contributed by atoms with Crippen LogP contribution in [0.3, 0.4) is 0 Å². The molecular formula is C23H21ClF2N2O4S. The highest BCUT2D eigenvalue weighted by atomic mass is 35.5. The van der Waals surface area contributed by atoms with Gasteiger partial charge in [0, 0.05) is 42.2 Å². The molecule has 1 aliphatic heterocycles. The summed E-state index contributed by atoms with van der Waals surface area (Å²) in [6, 6.07) is 10.1. The molecule has 1 aliphatic rings. The van der Waals surface area contributed by atoms with Gasteiger partial charge in [-0.05, 0) is 48.7 Å². The van der Waals surface area contributed by atoms with E-state index in [1.54, 1.807) is 25.1 Å². The van der Waals surface area contributed by atoms with Gasteiger partial charge in [0.15, 0.2) is 0 Å². The molecule has 0 saturated carbocycles. The first-order valence-corrected chi connectivity index (χ1v) is 12.3. The van der Waals surface area contributed by atoms with Crippen LogP contribution in [0, 0.1) is 18.6 Å². The number of hydrogen-bond donors (Lipinski definition) is 0. The average molecular weight is 495 g/mol. The normalized spacial score (nSPS) is 14.2. The van der Waals surface area contributed by atoms with E-state index in [0.717, 1.165) is 23.3 Å². The Morgan fingerprint density at radius 2 is 1.85 bits per heavy atom. The Balaban J connectivity index is 1.65. The molecule has 0 atom stereocenters. The maximum absolute atomic E-state index is 13.9. The van der Waals surface area contributed by atoms with Crippen LogP contribution in [0.25, 0.3) is 5.69 Å². The molecule has 0 N–H and O–H groups in total. The number of fused-ring (bicyclic) bond motifs is 1. The molecule has 2 heterocycles. The predicted molar refractivity (Wildman–Crippen MR) is 121 cm³/mol. The van der Waals surface area contributed by atoms with Crippen LogP contribution in [0.5, 0.6) is 5.75 Å². The van der Waals surface area contributed by atoms with E-state index in [-0.39, 0.29) is 29.5 Å². The van der Waals surface area contributed by atoms with Gasteiger partial charge in [-0.25, -0.2) is 17.2 Å². The van der Waals surface area contributed by atoms with Crippen molar-refractivity contribution < 1.29 is 21.9 Å². The minimum Gasteiger partial charge on any atom is -0.487 e. The number of benzene rings is 2. The van der Waals surface area contributed by atoms with Crippen molar-refractivity contribution in [2.75, 3.05) is 12.8 Å². The summed E-state index contributed by atoms with van der Waals surface area (Å²) < 4.78 is 59.2. The van der Waals surface area contributed by atoms with Crippen LogP contribution in [0.2, 0.25) is 5.02 Å². The number of nitrogens with zero attached hydrogens (tertiary/aromatic N) is 2. The minimum absolute atomic E-state index is 0.0837. The van der Waals surface area contributed by atoms with E-state index in [0.29, 0.717) is 24.3 Å². The Bertz CT molecular complexity index is 1410. The number of aryl methyl sites for hydroxylation is 1. The zero-order chi connectivity index (χ0) is 23.9. The molecule has 2 aromatic carbocycles. The van der Waals surface area contributed by atoms with E-state index in [2.05, 4.69) is 0 Å². The summed E-state index contributed by atoms with van der Waals surface area (Å²) in [6.45, 7) is 2.12. The molecule has 0 aliphatic carbocycles. The molecule has 0 spiro atoms. The molecule has 0 amide bonds. The largest absolute Gasteiger partial charge is 0.487 e. The van der Waals surface area contributed by atoms with Crippen molar-refractivity contribution in [3.05, 3.63) is 91.9 Å². The minimum atomic E-state index is -3.33. The molecule has 0 saturated heterocycles. The summed E-state index contributed by atoms with van der Waals surface area (Å²) in [5, 5.41) is -0.182. The first-order chi connectivity index (χ1) is 15.5. The summed E-state index contributed by atoms with van der Waals surface area (Å²) in [5.41, 5.74) is 2.51. The van der Waals surface area contributed by atoms with Crippen LogP contribution in [-0.2, 0) is 29.6 Å². The van der Waals surface area contributed by atoms with Crippen LogP contribution >= 0.6 is 11.6 Å². The lowest BCUT2D eigenvalue weighted by atomic mass is 10.0. The van der Waals surface area contributed by atoms with E-state index < -0.39 is 27.2 Å². The SMILES string of the molecule is Cc1cc(OCc2ccc(F)cc2F)c(Cl)c(=O)n1-c1ccc2c(c1)CN(S(C)(=O)=O)CC2. The number of pyridine rings is 1. The zero-order valence-electron chi connectivity index (χ0n) is 17.9. The van der Waals surface area contributed by atoms with E-state index in [4.69, 9.17) is 16.3 Å². The van der Waals surface area contributed by atoms with Crippen molar-refractivity contribution in [1.29, 1.82) is 0 Å². The lowest BCUT2D eigenvalue weighted by Gasteiger charge is -2.27. The highest BCUT2D eigenvalue weighted by Crippen LogP contribution is 2.27. The number of hydrogen-bond acceptors (Lipinski definition) is 4. The van der Waals surface area contributed by atoms with Crippen LogP contribution in [-0.4, -0.2) is 30.1 Å². The Morgan fingerprint density at radius 3 is 2.55 bits per heavy atom. The smallest absolute Gasteiger partial charge is 0.277 e. The summed E-state index contributed by atoms with van der Waals surface area (Å²) in [7, 11) is -3.33. The Labute approximate surface area is 195 Å². The maximum atomic E-state index is 13.9. The topological polar surface area (TPSA) is 68.6 Å². The first-order valence-electron chi connectivity index (χ1n) is 10.1. The van der Waals surface area contributed by atoms with E-state index in [1.165, 1.54) is 21.2 Å². The van der Waals surface area contributed by atoms with Crippen molar-refractivity contribution in [1.82, 2.24) is 8.87 Å². The number of halogens is 3. The summed E-state index contributed by atoms with van der Waals surface area (Å²) >= 11 is 6.28. The zero-order valence-corrected chi connectivity index (χ0v) is 19.5. The van der Waals surface area contributed by atoms with Crippen molar-refractivity contribution in [3.63, 3.8) is 0 Å². The van der Waals surface area contributed by atoms with E-state index in [1.807, 2.05) is 6.07 Å². The average Bonchev–Trinajstić information content (AvgIpc) is 2.75. The van der Waals surface area contributed by atoms with Gasteiger partial charge in [0.1, 0.15) is 29.0 Å². The Morgan fingerprint density at radius 1 is 1.09 bits per heavy atom. The van der Waals surface area contributed by atoms with Gasteiger partial charge < -0.3 is 4.74 Å². The van der Waals surface area contributed by atoms with E-state index in [9.17, 15) is 22.0 Å². The van der Waals surface area contributed by atoms with Crippen molar-refractivity contribution in [3.8, 4) is 11.4 Å². The molecule has 3 aromatic rings. The van der Waals surface area contributed by atoms with Crippen LogP contribution in [0.1, 0.15) is 22.4 Å². The summed E-state index contributed by atoms with van der Waals surface area (Å²) in [5.74, 6) is -1.37. The number of rotatable bonds is 5. The highest BCUT2D eigenvalue weighted by molar-refractivity contribution is 7.88. The lowest BCUT2D eigenvalue weighted by Crippen LogP contribution is -2.35. The fraction of sp³-hybridized carbons (Fsp3) is 0.261. The molecule has 33 heavy (non-hydrogen) atoms. The maximum Gasteiger partial charge on any atom is 0.277 e. The molecule has 10 heteroatoms. The third kappa shape index (κ3) is 4.80. The van der Waals surface area contributed by atoms with Gasteiger partial charge in [0.25, 0.3) is 5.56 Å². The standard InChI is InChI=1S/C23H21ClF2N2O4S/c1-14-9-21(32-13-16-3-5-18(25)11-20(16)26)22(24)23(29)28(14)19-6-4-15-7-8-27(33(2,30)31)12-17(15)10-19/h3-6,9-11H,7-8,12-13H2,1-2H3. The van der Waals surface area contributed by atoms with Crippen LogP contribution in [0.15, 0.2) is 47.3 Å². The van der Waals surface area contributed by atoms with Gasteiger partial charge >= 0.3 is 0 Å². The molecule has 6 nitrogen and oxygen atoms in total. The molecule has 0 radical (unpaired) electrons. The second kappa shape index (κ2) is 8.89. The molecular weight excluding hydrogens is 474 g/mol. The monoisotopic (exact) mass is 494 g/mol. The third-order valence-corrected chi connectivity index (χ3v) is 7.19. The van der Waals surface area contributed by atoms with Crippen molar-refractivity contribution in [2.45, 2.75) is 26.5 Å². The number of aromatic nitrogens is 1. The highest BCUT2D eigenvalue weighted by Gasteiger charge is 2.24. The first kappa shape index (κ1) is 23.4. The molecule has 0 bridgehead atoms. The summed E-state index contributed by atoms with van der Waals surface area (Å²) in [4.78, 5) is 13.0. The second-order valence-electron chi connectivity index (χ2n) is 7.93. The van der Waals surface area contributed by atoms with Gasteiger partial charge in [0.05, 0.1) is 6.26 Å². The van der Waals surface area contributed by atoms with Gasteiger partial charge in [-0.2, -0.15) is 4.31 Å². The molecule has 174 valence electrons. The molecule has 0 unspecified atom stereocenters. The second-order valence-corrected chi connectivity index (χ2v) is 10.3. The lowest BCUT2D eigenvalue weighted by molar-refractivity contribution is 0.298. The molecule has 1 aromatic heterocycles. The van der Waals surface area contributed by atoms with Crippen molar-refractivity contribution in [2.24, 2.45) is 0 Å². The number of ether oxygens (including phenoxy) is 1. The predicted octanol–water partition coefficient (Wildman–Crippen LogP) is 3.97. The van der Waals surface area contributed by atoms with E-state index >= 15 is 0 Å². The molecule has 4 rings (SSSR count). The van der Waals surface area contributed by atoms with Gasteiger partial charge in [-0.1, -0.05) is 17.7 Å². The van der Waals surface area contributed by atoms with Crippen LogP contribution in [0.4, 0.5) is 8.78 Å². The summed E-state index contributed by atoms with van der Waals surface area (Å²) in [6.07, 6.45) is 1.76. The Kier molecular flexibility index (Phi) is 6.30. The van der Waals surface area contributed by atoms with Crippen molar-refractivity contribution >= 4 is 21.6 Å². The fourth-order valence-electron chi connectivity index (χ4n) is 3.84. The quantitative estimate of drug-likeness (QED) is 0.538.